The molecule has 0 radical (unpaired) electrons. The van der Waals surface area contributed by atoms with Crippen molar-refractivity contribution in [1.82, 2.24) is 14.6 Å². The van der Waals surface area contributed by atoms with E-state index < -0.39 is 21.8 Å². The number of halogens is 1. The lowest BCUT2D eigenvalue weighted by Gasteiger charge is -2.12. The van der Waals surface area contributed by atoms with Crippen molar-refractivity contribution >= 4 is 54.2 Å². The van der Waals surface area contributed by atoms with E-state index in [-0.39, 0.29) is 17.0 Å². The Bertz CT molecular complexity index is 1230. The number of hydrogen-bond acceptors (Lipinski definition) is 6. The molecule has 0 aliphatic rings. The number of thiazole rings is 1. The van der Waals surface area contributed by atoms with Crippen LogP contribution in [0.15, 0.2) is 63.3 Å². The third-order valence-corrected chi connectivity index (χ3v) is 7.44. The molecule has 0 saturated carbocycles. The summed E-state index contributed by atoms with van der Waals surface area (Å²) in [5.41, 5.74) is 1.76. The van der Waals surface area contributed by atoms with E-state index in [4.69, 9.17) is 0 Å². The Morgan fingerprint density at radius 3 is 2.58 bits per heavy atom. The van der Waals surface area contributed by atoms with Crippen LogP contribution in [0.4, 0.5) is 5.13 Å². The first-order valence-electron chi connectivity index (χ1n) is 8.99. The molecule has 1 heterocycles. The number of anilines is 1. The second-order valence-corrected chi connectivity index (χ2v) is 10.4. The molecule has 0 spiro atoms. The topological polar surface area (TPSA) is 108 Å². The molecule has 31 heavy (non-hydrogen) atoms. The molecule has 8 nitrogen and oxygen atoms in total. The fraction of sp³-hybridized carbons (Fsp3) is 0.150. The number of carbonyl (C=O) groups is 2. The van der Waals surface area contributed by atoms with Gasteiger partial charge in [-0.2, -0.15) is 0 Å². The summed E-state index contributed by atoms with van der Waals surface area (Å²) in [6.07, 6.45) is 0. The SMILES string of the molecule is CN(C)S(=O)(=O)c1cccc(C(=O)NCC(=O)Nc2nc(-c3ccccc3Br)cs2)c1. The van der Waals surface area contributed by atoms with Crippen LogP contribution in [0.1, 0.15) is 10.4 Å². The van der Waals surface area contributed by atoms with Gasteiger partial charge in [-0.1, -0.05) is 40.2 Å². The molecule has 11 heteroatoms. The van der Waals surface area contributed by atoms with Crippen molar-refractivity contribution in [2.75, 3.05) is 26.0 Å². The van der Waals surface area contributed by atoms with E-state index in [0.717, 1.165) is 20.0 Å². The number of benzene rings is 2. The smallest absolute Gasteiger partial charge is 0.251 e. The first-order valence-corrected chi connectivity index (χ1v) is 12.1. The molecular formula is C20H19BrN4O4S2. The van der Waals surface area contributed by atoms with Gasteiger partial charge in [-0.25, -0.2) is 17.7 Å². The number of nitrogens with one attached hydrogen (secondary N) is 2. The Hall–Kier alpha value is -2.60. The van der Waals surface area contributed by atoms with Crippen molar-refractivity contribution in [1.29, 1.82) is 0 Å². The van der Waals surface area contributed by atoms with Gasteiger partial charge in [0, 0.05) is 35.1 Å². The number of sulfonamides is 1. The summed E-state index contributed by atoms with van der Waals surface area (Å²) in [6.45, 7) is -0.284. The number of nitrogens with zero attached hydrogens (tertiary/aromatic N) is 2. The normalized spacial score (nSPS) is 11.4. The maximum absolute atomic E-state index is 12.4. The molecule has 162 valence electrons. The minimum Gasteiger partial charge on any atom is -0.343 e. The van der Waals surface area contributed by atoms with E-state index in [1.807, 2.05) is 29.6 Å². The van der Waals surface area contributed by atoms with Gasteiger partial charge in [0.25, 0.3) is 5.91 Å². The number of hydrogen-bond donors (Lipinski definition) is 2. The van der Waals surface area contributed by atoms with E-state index >= 15 is 0 Å². The summed E-state index contributed by atoms with van der Waals surface area (Å²) < 4.78 is 26.4. The molecule has 0 atom stereocenters. The van der Waals surface area contributed by atoms with Crippen LogP contribution >= 0.6 is 27.3 Å². The molecule has 0 unspecified atom stereocenters. The average Bonchev–Trinajstić information content (AvgIpc) is 3.20. The van der Waals surface area contributed by atoms with E-state index in [1.165, 1.54) is 49.7 Å². The van der Waals surface area contributed by atoms with Gasteiger partial charge in [-0.05, 0) is 24.3 Å². The van der Waals surface area contributed by atoms with Gasteiger partial charge in [-0.15, -0.1) is 11.3 Å². The van der Waals surface area contributed by atoms with Crippen molar-refractivity contribution in [3.05, 3.63) is 63.9 Å². The minimum atomic E-state index is -3.66. The highest BCUT2D eigenvalue weighted by Crippen LogP contribution is 2.30. The zero-order valence-electron chi connectivity index (χ0n) is 16.6. The van der Waals surface area contributed by atoms with Crippen LogP contribution < -0.4 is 10.6 Å². The third kappa shape index (κ3) is 5.56. The molecule has 2 N–H and O–H groups in total. The second-order valence-electron chi connectivity index (χ2n) is 6.56. The van der Waals surface area contributed by atoms with Gasteiger partial charge < -0.3 is 10.6 Å². The lowest BCUT2D eigenvalue weighted by atomic mass is 10.2. The Morgan fingerprint density at radius 2 is 1.87 bits per heavy atom. The van der Waals surface area contributed by atoms with Crippen molar-refractivity contribution in [3.63, 3.8) is 0 Å². The summed E-state index contributed by atoms with van der Waals surface area (Å²) in [5, 5.41) is 7.36. The summed E-state index contributed by atoms with van der Waals surface area (Å²) in [4.78, 5) is 29.0. The van der Waals surface area contributed by atoms with Crippen LogP contribution in [0.5, 0.6) is 0 Å². The number of aromatic nitrogens is 1. The van der Waals surface area contributed by atoms with Gasteiger partial charge in [-0.3, -0.25) is 9.59 Å². The second kappa shape index (κ2) is 9.69. The quantitative estimate of drug-likeness (QED) is 0.495. The maximum atomic E-state index is 12.4. The molecule has 0 fully saturated rings. The first-order chi connectivity index (χ1) is 14.7. The Labute approximate surface area is 192 Å². The molecule has 0 aliphatic heterocycles. The van der Waals surface area contributed by atoms with Crippen molar-refractivity contribution < 1.29 is 18.0 Å². The Kier molecular flexibility index (Phi) is 7.21. The summed E-state index contributed by atoms with van der Waals surface area (Å²) >= 11 is 4.74. The zero-order valence-corrected chi connectivity index (χ0v) is 19.8. The van der Waals surface area contributed by atoms with E-state index in [9.17, 15) is 18.0 Å². The lowest BCUT2D eigenvalue weighted by molar-refractivity contribution is -0.115. The molecule has 0 bridgehead atoms. The molecule has 2 aromatic carbocycles. The van der Waals surface area contributed by atoms with Gasteiger partial charge in [0.15, 0.2) is 5.13 Å². The maximum Gasteiger partial charge on any atom is 0.251 e. The molecule has 2 amide bonds. The van der Waals surface area contributed by atoms with Crippen LogP contribution in [0.3, 0.4) is 0 Å². The molecule has 1 aromatic heterocycles. The summed E-state index contributed by atoms with van der Waals surface area (Å²) in [5.74, 6) is -1.00. The predicted molar refractivity (Wildman–Crippen MR) is 124 cm³/mol. The van der Waals surface area contributed by atoms with Gasteiger partial charge in [0.1, 0.15) is 0 Å². The van der Waals surface area contributed by atoms with Crippen molar-refractivity contribution in [3.8, 4) is 11.3 Å². The van der Waals surface area contributed by atoms with Gasteiger partial charge >= 0.3 is 0 Å². The Balaban J connectivity index is 1.61. The third-order valence-electron chi connectivity index (χ3n) is 4.18. The number of amides is 2. The largest absolute Gasteiger partial charge is 0.343 e. The molecule has 0 saturated heterocycles. The highest BCUT2D eigenvalue weighted by molar-refractivity contribution is 9.10. The average molecular weight is 523 g/mol. The van der Waals surface area contributed by atoms with Crippen LogP contribution in [0.25, 0.3) is 11.3 Å². The summed E-state index contributed by atoms with van der Waals surface area (Å²) in [6, 6.07) is 13.2. The standard InChI is InChI=1S/C20H19BrN4O4S2/c1-25(2)31(28,29)14-7-5-6-13(10-14)19(27)22-11-18(26)24-20-23-17(12-30-20)15-8-3-4-9-16(15)21/h3-10,12H,11H2,1-2H3,(H,22,27)(H,23,24,26). The molecular weight excluding hydrogens is 504 g/mol. The zero-order chi connectivity index (χ0) is 22.6. The van der Waals surface area contributed by atoms with E-state index in [1.54, 1.807) is 0 Å². The van der Waals surface area contributed by atoms with E-state index in [2.05, 4.69) is 31.5 Å². The first kappa shape index (κ1) is 23.1. The molecule has 3 aromatic rings. The van der Waals surface area contributed by atoms with Crippen LogP contribution in [0.2, 0.25) is 0 Å². The molecule has 0 aliphatic carbocycles. The van der Waals surface area contributed by atoms with Crippen LogP contribution in [-0.4, -0.2) is 50.2 Å². The lowest BCUT2D eigenvalue weighted by Crippen LogP contribution is -2.33. The van der Waals surface area contributed by atoms with Crippen LogP contribution in [0, 0.1) is 0 Å². The Morgan fingerprint density at radius 1 is 1.13 bits per heavy atom. The minimum absolute atomic E-state index is 0.00279. The monoisotopic (exact) mass is 522 g/mol. The predicted octanol–water partition coefficient (Wildman–Crippen LogP) is 3.19. The van der Waals surface area contributed by atoms with Gasteiger partial charge in [0.05, 0.1) is 17.1 Å². The van der Waals surface area contributed by atoms with Gasteiger partial charge in [0.2, 0.25) is 15.9 Å². The fourth-order valence-corrected chi connectivity index (χ4v) is 4.72. The van der Waals surface area contributed by atoms with E-state index in [0.29, 0.717) is 5.13 Å². The van der Waals surface area contributed by atoms with Crippen LogP contribution in [-0.2, 0) is 14.8 Å². The number of rotatable bonds is 7. The fourth-order valence-electron chi connectivity index (χ4n) is 2.56. The number of carbonyl (C=O) groups excluding carboxylic acids is 2. The highest BCUT2D eigenvalue weighted by atomic mass is 79.9. The molecule has 3 rings (SSSR count). The highest BCUT2D eigenvalue weighted by Gasteiger charge is 2.19. The van der Waals surface area contributed by atoms with Crippen molar-refractivity contribution in [2.45, 2.75) is 4.90 Å². The van der Waals surface area contributed by atoms with Crippen molar-refractivity contribution in [2.24, 2.45) is 0 Å². The summed E-state index contributed by atoms with van der Waals surface area (Å²) in [7, 11) is -0.845.